The number of thiocarbonyl (C=S) groups is 1. The van der Waals surface area contributed by atoms with E-state index >= 15 is 0 Å². The Morgan fingerprint density at radius 1 is 1.40 bits per heavy atom. The molecule has 0 aliphatic rings. The molecule has 0 bridgehead atoms. The molecule has 1 aromatic carbocycles. The van der Waals surface area contributed by atoms with Gasteiger partial charge in [0, 0.05) is 5.56 Å². The zero-order valence-corrected chi connectivity index (χ0v) is 13.0. The van der Waals surface area contributed by atoms with Crippen LogP contribution in [0.25, 0.3) is 0 Å². The van der Waals surface area contributed by atoms with Crippen LogP contribution in [0.15, 0.2) is 24.3 Å². The molecule has 0 spiro atoms. The first kappa shape index (κ1) is 16.6. The first-order chi connectivity index (χ1) is 9.35. The highest BCUT2D eigenvalue weighted by atomic mass is 32.1. The molecule has 5 heteroatoms. The summed E-state index contributed by atoms with van der Waals surface area (Å²) in [6, 6.07) is 7.23. The van der Waals surface area contributed by atoms with E-state index in [4.69, 9.17) is 22.7 Å². The Kier molecular flexibility index (Phi) is 6.10. The molecule has 0 heterocycles. The van der Waals surface area contributed by atoms with E-state index in [1.165, 1.54) is 0 Å². The zero-order valence-electron chi connectivity index (χ0n) is 12.2. The van der Waals surface area contributed by atoms with Gasteiger partial charge >= 0.3 is 0 Å². The Bertz CT molecular complexity index is 487. The molecular formula is C15H22N2O2S. The average Bonchev–Trinajstić information content (AvgIpc) is 2.39. The average molecular weight is 294 g/mol. The largest absolute Gasteiger partial charge is 0.389 e. The van der Waals surface area contributed by atoms with Gasteiger partial charge in [-0.2, -0.15) is 0 Å². The van der Waals surface area contributed by atoms with Gasteiger partial charge in [0.2, 0.25) is 5.91 Å². The molecule has 0 aliphatic carbocycles. The van der Waals surface area contributed by atoms with Crippen LogP contribution in [0.5, 0.6) is 0 Å². The molecular weight excluding hydrogens is 272 g/mol. The molecule has 0 aromatic heterocycles. The van der Waals surface area contributed by atoms with Crippen LogP contribution in [-0.4, -0.2) is 23.1 Å². The van der Waals surface area contributed by atoms with Crippen LogP contribution in [0.4, 0.5) is 5.69 Å². The molecule has 4 nitrogen and oxygen atoms in total. The van der Waals surface area contributed by atoms with Gasteiger partial charge in [0.25, 0.3) is 0 Å². The van der Waals surface area contributed by atoms with Gasteiger partial charge in [-0.15, -0.1) is 0 Å². The highest BCUT2D eigenvalue weighted by molar-refractivity contribution is 7.80. The van der Waals surface area contributed by atoms with Crippen LogP contribution in [0.1, 0.15) is 39.2 Å². The van der Waals surface area contributed by atoms with Gasteiger partial charge in [-0.1, -0.05) is 31.3 Å². The lowest BCUT2D eigenvalue weighted by Gasteiger charge is -2.23. The van der Waals surface area contributed by atoms with Gasteiger partial charge in [0.15, 0.2) is 0 Å². The number of para-hydroxylation sites is 1. The molecule has 0 radical (unpaired) electrons. The number of benzene rings is 1. The van der Waals surface area contributed by atoms with Crippen LogP contribution in [0, 0.1) is 0 Å². The number of nitrogens with two attached hydrogens (primary N) is 1. The molecule has 1 rings (SSSR count). The molecule has 0 fully saturated rings. The molecule has 110 valence electrons. The Morgan fingerprint density at radius 2 is 2.05 bits per heavy atom. The van der Waals surface area contributed by atoms with Gasteiger partial charge in [-0.3, -0.25) is 4.79 Å². The van der Waals surface area contributed by atoms with Crippen molar-refractivity contribution >= 4 is 28.8 Å². The van der Waals surface area contributed by atoms with E-state index in [2.05, 4.69) is 12.2 Å². The van der Waals surface area contributed by atoms with E-state index in [-0.39, 0.29) is 16.5 Å². The maximum Gasteiger partial charge on any atom is 0.226 e. The summed E-state index contributed by atoms with van der Waals surface area (Å²) < 4.78 is 5.65. The van der Waals surface area contributed by atoms with Crippen molar-refractivity contribution in [2.75, 3.05) is 11.9 Å². The van der Waals surface area contributed by atoms with Crippen molar-refractivity contribution in [1.29, 1.82) is 0 Å². The fourth-order valence-corrected chi connectivity index (χ4v) is 1.72. The topological polar surface area (TPSA) is 64.3 Å². The molecule has 3 N–H and O–H groups in total. The monoisotopic (exact) mass is 294 g/mol. The summed E-state index contributed by atoms with van der Waals surface area (Å²) in [6.45, 7) is 6.46. The van der Waals surface area contributed by atoms with Crippen LogP contribution in [0.2, 0.25) is 0 Å². The van der Waals surface area contributed by atoms with Crippen LogP contribution in [-0.2, 0) is 9.53 Å². The Labute approximate surface area is 125 Å². The smallest absolute Gasteiger partial charge is 0.226 e. The van der Waals surface area contributed by atoms with E-state index in [1.54, 1.807) is 12.1 Å². The van der Waals surface area contributed by atoms with Crippen molar-refractivity contribution in [2.24, 2.45) is 5.73 Å². The maximum atomic E-state index is 11.9. The van der Waals surface area contributed by atoms with Crippen molar-refractivity contribution < 1.29 is 9.53 Å². The lowest BCUT2D eigenvalue weighted by Crippen LogP contribution is -2.26. The standard InChI is InChI=1S/C15H22N2O2S/c1-4-15(2,3)19-10-9-13(18)17-12-8-6-5-7-11(12)14(16)20/h5-8H,4,9-10H2,1-3H3,(H2,16,20)(H,17,18). The van der Waals surface area contributed by atoms with Crippen molar-refractivity contribution in [3.63, 3.8) is 0 Å². The normalized spacial score (nSPS) is 11.2. The molecule has 0 saturated heterocycles. The van der Waals surface area contributed by atoms with Gasteiger partial charge in [0.1, 0.15) is 4.99 Å². The van der Waals surface area contributed by atoms with Crippen LogP contribution in [0.3, 0.4) is 0 Å². The van der Waals surface area contributed by atoms with Gasteiger partial charge < -0.3 is 15.8 Å². The Balaban J connectivity index is 2.53. The minimum Gasteiger partial charge on any atom is -0.389 e. The summed E-state index contributed by atoms with van der Waals surface area (Å²) in [7, 11) is 0. The van der Waals surface area contributed by atoms with Gasteiger partial charge in [0.05, 0.1) is 24.3 Å². The molecule has 0 aliphatic heterocycles. The summed E-state index contributed by atoms with van der Waals surface area (Å²) in [5, 5.41) is 2.81. The summed E-state index contributed by atoms with van der Waals surface area (Å²) in [5.41, 5.74) is 6.73. The SMILES string of the molecule is CCC(C)(C)OCCC(=O)Nc1ccccc1C(N)=S. The van der Waals surface area contributed by atoms with E-state index in [1.807, 2.05) is 26.0 Å². The lowest BCUT2D eigenvalue weighted by atomic mass is 10.1. The maximum absolute atomic E-state index is 11.9. The second kappa shape index (κ2) is 7.36. The van der Waals surface area contributed by atoms with E-state index in [9.17, 15) is 4.79 Å². The summed E-state index contributed by atoms with van der Waals surface area (Å²) in [6.07, 6.45) is 1.20. The lowest BCUT2D eigenvalue weighted by molar-refractivity contribution is -0.118. The number of amides is 1. The number of hydrogen-bond acceptors (Lipinski definition) is 3. The van der Waals surface area contributed by atoms with E-state index < -0.39 is 0 Å². The molecule has 0 saturated carbocycles. The third-order valence-electron chi connectivity index (χ3n) is 3.14. The van der Waals surface area contributed by atoms with Gasteiger partial charge in [-0.05, 0) is 32.4 Å². The molecule has 1 aromatic rings. The fraction of sp³-hybridized carbons (Fsp3) is 0.467. The van der Waals surface area contributed by atoms with E-state index in [0.717, 1.165) is 6.42 Å². The minimum atomic E-state index is -0.197. The molecule has 1 amide bonds. The third-order valence-corrected chi connectivity index (χ3v) is 3.36. The summed E-state index contributed by atoms with van der Waals surface area (Å²) in [4.78, 5) is 12.2. The van der Waals surface area contributed by atoms with E-state index in [0.29, 0.717) is 24.3 Å². The number of nitrogens with one attached hydrogen (secondary N) is 1. The summed E-state index contributed by atoms with van der Waals surface area (Å²) >= 11 is 4.96. The number of carbonyl (C=O) groups excluding carboxylic acids is 1. The number of anilines is 1. The third kappa shape index (κ3) is 5.27. The Hall–Kier alpha value is -1.46. The quantitative estimate of drug-likeness (QED) is 0.759. The first-order valence-corrected chi connectivity index (χ1v) is 7.09. The Morgan fingerprint density at radius 3 is 2.65 bits per heavy atom. The number of hydrogen-bond donors (Lipinski definition) is 2. The predicted molar refractivity (Wildman–Crippen MR) is 85.9 cm³/mol. The van der Waals surface area contributed by atoms with Crippen molar-refractivity contribution in [1.82, 2.24) is 0 Å². The number of carbonyl (C=O) groups is 1. The fourth-order valence-electron chi connectivity index (χ4n) is 1.54. The summed E-state index contributed by atoms with van der Waals surface area (Å²) in [5.74, 6) is -0.111. The number of rotatable bonds is 7. The predicted octanol–water partition coefficient (Wildman–Crippen LogP) is 2.85. The second-order valence-corrected chi connectivity index (χ2v) is 5.61. The van der Waals surface area contributed by atoms with Crippen LogP contribution >= 0.6 is 12.2 Å². The first-order valence-electron chi connectivity index (χ1n) is 6.68. The minimum absolute atomic E-state index is 0.111. The molecule has 20 heavy (non-hydrogen) atoms. The van der Waals surface area contributed by atoms with Crippen molar-refractivity contribution in [3.05, 3.63) is 29.8 Å². The molecule has 0 unspecified atom stereocenters. The van der Waals surface area contributed by atoms with Crippen molar-refractivity contribution in [3.8, 4) is 0 Å². The zero-order chi connectivity index (χ0) is 15.2. The molecule has 0 atom stereocenters. The highest BCUT2D eigenvalue weighted by Crippen LogP contribution is 2.16. The van der Waals surface area contributed by atoms with Crippen molar-refractivity contribution in [2.45, 2.75) is 39.2 Å². The highest BCUT2D eigenvalue weighted by Gasteiger charge is 2.16. The van der Waals surface area contributed by atoms with Gasteiger partial charge in [-0.25, -0.2) is 0 Å². The second-order valence-electron chi connectivity index (χ2n) is 5.17. The van der Waals surface area contributed by atoms with Crippen LogP contribution < -0.4 is 11.1 Å². The number of ether oxygens (including phenoxy) is 1.